The van der Waals surface area contributed by atoms with Crippen molar-refractivity contribution < 1.29 is 9.90 Å². The molecule has 6 heteroatoms. The maximum absolute atomic E-state index is 11.0. The first-order valence-electron chi connectivity index (χ1n) is 8.47. The maximum atomic E-state index is 11.0. The van der Waals surface area contributed by atoms with E-state index in [1.54, 1.807) is 17.4 Å². The Balaban J connectivity index is 1.74. The highest BCUT2D eigenvalue weighted by Gasteiger charge is 2.09. The Labute approximate surface area is 171 Å². The molecular formula is C22H18N2O2S2. The van der Waals surface area contributed by atoms with Gasteiger partial charge in [0.2, 0.25) is 0 Å². The van der Waals surface area contributed by atoms with Gasteiger partial charge in [-0.25, -0.2) is 4.79 Å². The minimum absolute atomic E-state index is 0.261. The van der Waals surface area contributed by atoms with Gasteiger partial charge in [0.15, 0.2) is 0 Å². The van der Waals surface area contributed by atoms with Gasteiger partial charge >= 0.3 is 5.97 Å². The zero-order valence-corrected chi connectivity index (χ0v) is 17.1. The summed E-state index contributed by atoms with van der Waals surface area (Å²) in [4.78, 5) is 17.1. The molecule has 0 saturated heterocycles. The second kappa shape index (κ2) is 8.70. The van der Waals surface area contributed by atoms with Gasteiger partial charge in [-0.15, -0.1) is 22.7 Å². The molecule has 2 heterocycles. The monoisotopic (exact) mass is 406 g/mol. The van der Waals surface area contributed by atoms with Crippen LogP contribution in [-0.4, -0.2) is 25.2 Å². The van der Waals surface area contributed by atoms with E-state index < -0.39 is 5.97 Å². The standard InChI is InChI=1S/C22H18N2O2S2/c1-24(2)17-6-3-15(4-7-17)5-8-18-9-11-20(27-18)21-12-10-19(28-21)13-16(14-23)22(25)26/h3-13H,1-2H3,(H,25,26)/b8-5+,16-13+. The zero-order valence-electron chi connectivity index (χ0n) is 15.4. The first kappa shape index (κ1) is 19.6. The summed E-state index contributed by atoms with van der Waals surface area (Å²) < 4.78 is 0. The van der Waals surface area contributed by atoms with Gasteiger partial charge in [-0.05, 0) is 54.1 Å². The molecule has 0 amide bonds. The van der Waals surface area contributed by atoms with Crippen LogP contribution in [0.4, 0.5) is 5.69 Å². The number of nitrogens with zero attached hydrogens (tertiary/aromatic N) is 2. The summed E-state index contributed by atoms with van der Waals surface area (Å²) in [5.74, 6) is -1.21. The quantitative estimate of drug-likeness (QED) is 0.421. The molecule has 0 aliphatic carbocycles. The normalized spacial score (nSPS) is 11.5. The average Bonchev–Trinajstić information content (AvgIpc) is 3.33. The SMILES string of the molecule is CN(C)c1ccc(/C=C/c2ccc(-c3ccc(/C=C(\C#N)C(=O)O)s3)s2)cc1. The fraction of sp³-hybridized carbons (Fsp3) is 0.0909. The van der Waals surface area contributed by atoms with Crippen molar-refractivity contribution in [3.63, 3.8) is 0 Å². The van der Waals surface area contributed by atoms with E-state index in [-0.39, 0.29) is 5.57 Å². The average molecular weight is 407 g/mol. The molecule has 0 spiro atoms. The van der Waals surface area contributed by atoms with Crippen molar-refractivity contribution in [3.8, 4) is 15.8 Å². The first-order valence-corrected chi connectivity index (χ1v) is 10.1. The minimum Gasteiger partial charge on any atom is -0.477 e. The van der Waals surface area contributed by atoms with Crippen LogP contribution in [0.15, 0.2) is 54.1 Å². The molecule has 0 saturated carbocycles. The number of carbonyl (C=O) groups is 1. The molecule has 0 radical (unpaired) electrons. The summed E-state index contributed by atoms with van der Waals surface area (Å²) in [6.45, 7) is 0. The topological polar surface area (TPSA) is 64.3 Å². The molecule has 0 unspecified atom stereocenters. The largest absolute Gasteiger partial charge is 0.477 e. The molecule has 3 aromatic rings. The number of benzene rings is 1. The summed E-state index contributed by atoms with van der Waals surface area (Å²) in [5.41, 5.74) is 2.05. The fourth-order valence-electron chi connectivity index (χ4n) is 2.48. The molecule has 1 aromatic carbocycles. The van der Waals surface area contributed by atoms with Crippen molar-refractivity contribution in [1.82, 2.24) is 0 Å². The number of carboxylic acid groups (broad SMARTS) is 1. The van der Waals surface area contributed by atoms with E-state index in [9.17, 15) is 4.79 Å². The van der Waals surface area contributed by atoms with Crippen molar-refractivity contribution in [3.05, 3.63) is 69.4 Å². The molecule has 3 rings (SSSR count). The van der Waals surface area contributed by atoms with Crippen molar-refractivity contribution in [2.45, 2.75) is 0 Å². The zero-order chi connectivity index (χ0) is 20.1. The number of rotatable bonds is 6. The molecule has 140 valence electrons. The van der Waals surface area contributed by atoms with Gasteiger partial charge in [0.25, 0.3) is 0 Å². The molecule has 1 N–H and O–H groups in total. The smallest absolute Gasteiger partial charge is 0.346 e. The number of hydrogen-bond acceptors (Lipinski definition) is 5. The Bertz CT molecular complexity index is 1080. The Kier molecular flexibility index (Phi) is 6.09. The summed E-state index contributed by atoms with van der Waals surface area (Å²) >= 11 is 3.14. The highest BCUT2D eigenvalue weighted by atomic mass is 32.1. The second-order valence-electron chi connectivity index (χ2n) is 6.20. The molecule has 4 nitrogen and oxygen atoms in total. The van der Waals surface area contributed by atoms with Crippen LogP contribution in [-0.2, 0) is 4.79 Å². The lowest BCUT2D eigenvalue weighted by molar-refractivity contribution is -0.132. The van der Waals surface area contributed by atoms with E-state index in [4.69, 9.17) is 10.4 Å². The van der Waals surface area contributed by atoms with E-state index in [1.165, 1.54) is 23.1 Å². The van der Waals surface area contributed by atoms with Crippen molar-refractivity contribution in [1.29, 1.82) is 5.26 Å². The number of aliphatic carboxylic acids is 1. The van der Waals surface area contributed by atoms with Crippen molar-refractivity contribution >= 4 is 52.6 Å². The number of carboxylic acids is 1. The van der Waals surface area contributed by atoms with E-state index in [0.29, 0.717) is 0 Å². The molecule has 0 aliphatic rings. The van der Waals surface area contributed by atoms with Crippen LogP contribution in [0, 0.1) is 11.3 Å². The first-order chi connectivity index (χ1) is 13.5. The van der Waals surface area contributed by atoms with Gasteiger partial charge in [0, 0.05) is 39.3 Å². The summed E-state index contributed by atoms with van der Waals surface area (Å²) in [6.07, 6.45) is 5.58. The fourth-order valence-corrected chi connectivity index (χ4v) is 4.44. The summed E-state index contributed by atoms with van der Waals surface area (Å²) in [6, 6.07) is 18.0. The van der Waals surface area contributed by atoms with E-state index >= 15 is 0 Å². The highest BCUT2D eigenvalue weighted by molar-refractivity contribution is 7.23. The number of thiophene rings is 2. The lowest BCUT2D eigenvalue weighted by Crippen LogP contribution is -2.07. The molecule has 0 bridgehead atoms. The van der Waals surface area contributed by atoms with Crippen LogP contribution in [0.5, 0.6) is 0 Å². The van der Waals surface area contributed by atoms with Crippen molar-refractivity contribution in [2.24, 2.45) is 0 Å². The van der Waals surface area contributed by atoms with Crippen LogP contribution < -0.4 is 4.90 Å². The Hall–Kier alpha value is -3.14. The third-order valence-electron chi connectivity index (χ3n) is 3.98. The summed E-state index contributed by atoms with van der Waals surface area (Å²) in [7, 11) is 4.04. The van der Waals surface area contributed by atoms with Crippen LogP contribution >= 0.6 is 22.7 Å². The van der Waals surface area contributed by atoms with Gasteiger partial charge < -0.3 is 10.0 Å². The van der Waals surface area contributed by atoms with Gasteiger partial charge in [-0.1, -0.05) is 18.2 Å². The third-order valence-corrected chi connectivity index (χ3v) is 6.26. The van der Waals surface area contributed by atoms with Gasteiger partial charge in [-0.2, -0.15) is 5.26 Å². The van der Waals surface area contributed by atoms with E-state index in [0.717, 1.165) is 25.1 Å². The van der Waals surface area contributed by atoms with Crippen LogP contribution in [0.1, 0.15) is 15.3 Å². The van der Waals surface area contributed by atoms with Crippen LogP contribution in [0.3, 0.4) is 0 Å². The predicted octanol–water partition coefficient (Wildman–Crippen LogP) is 5.70. The Morgan fingerprint density at radius 2 is 1.57 bits per heavy atom. The van der Waals surface area contributed by atoms with Crippen LogP contribution in [0.2, 0.25) is 0 Å². The molecular weight excluding hydrogens is 388 g/mol. The maximum Gasteiger partial charge on any atom is 0.346 e. The molecule has 2 aromatic heterocycles. The van der Waals surface area contributed by atoms with Gasteiger partial charge in [0.05, 0.1) is 0 Å². The Morgan fingerprint density at radius 3 is 2.14 bits per heavy atom. The predicted molar refractivity (Wildman–Crippen MR) is 119 cm³/mol. The molecule has 28 heavy (non-hydrogen) atoms. The highest BCUT2D eigenvalue weighted by Crippen LogP contribution is 2.35. The lowest BCUT2D eigenvalue weighted by Gasteiger charge is -2.11. The van der Waals surface area contributed by atoms with E-state index in [2.05, 4.69) is 53.5 Å². The lowest BCUT2D eigenvalue weighted by atomic mass is 10.2. The third kappa shape index (κ3) is 4.77. The molecule has 0 atom stereocenters. The summed E-state index contributed by atoms with van der Waals surface area (Å²) in [5, 5.41) is 17.8. The van der Waals surface area contributed by atoms with Gasteiger partial charge in [-0.3, -0.25) is 0 Å². The van der Waals surface area contributed by atoms with Crippen molar-refractivity contribution in [2.75, 3.05) is 19.0 Å². The number of nitriles is 1. The van der Waals surface area contributed by atoms with Crippen LogP contribution in [0.25, 0.3) is 28.0 Å². The molecule has 0 aliphatic heterocycles. The molecule has 0 fully saturated rings. The second-order valence-corrected chi connectivity index (χ2v) is 8.43. The van der Waals surface area contributed by atoms with E-state index in [1.807, 2.05) is 26.2 Å². The minimum atomic E-state index is -1.21. The van der Waals surface area contributed by atoms with Gasteiger partial charge in [0.1, 0.15) is 11.6 Å². The number of anilines is 1. The number of hydrogen-bond donors (Lipinski definition) is 1. The Morgan fingerprint density at radius 1 is 0.964 bits per heavy atom.